The smallest absolute Gasteiger partial charge is 0.253 e. The van der Waals surface area contributed by atoms with Crippen molar-refractivity contribution >= 4 is 11.8 Å². The zero-order chi connectivity index (χ0) is 17.6. The van der Waals surface area contributed by atoms with E-state index in [1.54, 1.807) is 17.3 Å². The maximum atomic E-state index is 13.0. The van der Waals surface area contributed by atoms with Gasteiger partial charge in [0.05, 0.1) is 0 Å². The number of piperidine rings is 1. The first kappa shape index (κ1) is 17.1. The van der Waals surface area contributed by atoms with E-state index in [2.05, 4.69) is 10.3 Å². The number of hydrogen-bond acceptors (Lipinski definition) is 3. The number of likely N-dealkylation sites (tertiary alicyclic amines) is 1. The molecule has 0 spiro atoms. The molecular formula is C19H20FN3O2. The highest BCUT2D eigenvalue weighted by molar-refractivity contribution is 5.94. The lowest BCUT2D eigenvalue weighted by molar-refractivity contribution is -0.126. The van der Waals surface area contributed by atoms with Crippen LogP contribution in [0.2, 0.25) is 0 Å². The van der Waals surface area contributed by atoms with Gasteiger partial charge in [-0.05, 0) is 54.8 Å². The Morgan fingerprint density at radius 1 is 1.08 bits per heavy atom. The van der Waals surface area contributed by atoms with Crippen molar-refractivity contribution < 1.29 is 14.0 Å². The number of halogens is 1. The molecule has 0 unspecified atom stereocenters. The first-order chi connectivity index (χ1) is 12.1. The van der Waals surface area contributed by atoms with Crippen molar-refractivity contribution in [3.05, 3.63) is 65.7 Å². The highest BCUT2D eigenvalue weighted by Gasteiger charge is 2.27. The van der Waals surface area contributed by atoms with Gasteiger partial charge in [-0.2, -0.15) is 0 Å². The summed E-state index contributed by atoms with van der Waals surface area (Å²) in [4.78, 5) is 30.3. The topological polar surface area (TPSA) is 62.3 Å². The van der Waals surface area contributed by atoms with Gasteiger partial charge >= 0.3 is 0 Å². The van der Waals surface area contributed by atoms with Crippen LogP contribution in [-0.2, 0) is 11.3 Å². The molecule has 1 fully saturated rings. The lowest BCUT2D eigenvalue weighted by Crippen LogP contribution is -2.42. The lowest BCUT2D eigenvalue weighted by atomic mass is 9.95. The molecule has 0 bridgehead atoms. The van der Waals surface area contributed by atoms with E-state index >= 15 is 0 Å². The second-order valence-electron chi connectivity index (χ2n) is 6.15. The molecule has 2 heterocycles. The van der Waals surface area contributed by atoms with Gasteiger partial charge in [-0.15, -0.1) is 0 Å². The Bertz CT molecular complexity index is 726. The summed E-state index contributed by atoms with van der Waals surface area (Å²) in [6.07, 6.45) is 4.66. The lowest BCUT2D eigenvalue weighted by Gasteiger charge is -2.31. The van der Waals surface area contributed by atoms with Crippen molar-refractivity contribution in [2.24, 2.45) is 5.92 Å². The molecule has 0 atom stereocenters. The fraction of sp³-hybridized carbons (Fsp3) is 0.316. The monoisotopic (exact) mass is 341 g/mol. The molecule has 1 aromatic heterocycles. The van der Waals surface area contributed by atoms with Crippen molar-refractivity contribution in [2.45, 2.75) is 19.4 Å². The normalized spacial score (nSPS) is 15.0. The number of hydrogen-bond donors (Lipinski definition) is 1. The van der Waals surface area contributed by atoms with Crippen LogP contribution in [0.3, 0.4) is 0 Å². The molecule has 5 nitrogen and oxygen atoms in total. The number of carbonyl (C=O) groups excluding carboxylic acids is 2. The molecule has 0 radical (unpaired) electrons. The van der Waals surface area contributed by atoms with Gasteiger partial charge in [0.15, 0.2) is 0 Å². The van der Waals surface area contributed by atoms with E-state index < -0.39 is 0 Å². The van der Waals surface area contributed by atoms with Gasteiger partial charge < -0.3 is 10.2 Å². The van der Waals surface area contributed by atoms with Crippen molar-refractivity contribution in [2.75, 3.05) is 13.1 Å². The SMILES string of the molecule is O=C(NCc1ccncc1)C1CCN(C(=O)c2ccc(F)cc2)CC1. The first-order valence-corrected chi connectivity index (χ1v) is 8.35. The third kappa shape index (κ3) is 4.41. The predicted octanol–water partition coefficient (Wildman–Crippen LogP) is 2.39. The molecule has 2 amide bonds. The summed E-state index contributed by atoms with van der Waals surface area (Å²) in [6, 6.07) is 9.28. The molecule has 6 heteroatoms. The zero-order valence-electron chi connectivity index (χ0n) is 13.8. The number of amides is 2. The molecule has 0 aliphatic carbocycles. The van der Waals surface area contributed by atoms with Crippen LogP contribution in [0, 0.1) is 11.7 Å². The molecule has 1 N–H and O–H groups in total. The second kappa shape index (κ2) is 7.88. The van der Waals surface area contributed by atoms with Crippen LogP contribution in [0.5, 0.6) is 0 Å². The largest absolute Gasteiger partial charge is 0.352 e. The Kier molecular flexibility index (Phi) is 5.38. The number of rotatable bonds is 4. The average Bonchev–Trinajstić information content (AvgIpc) is 2.67. The minimum Gasteiger partial charge on any atom is -0.352 e. The van der Waals surface area contributed by atoms with Crippen molar-refractivity contribution in [1.29, 1.82) is 0 Å². The predicted molar refractivity (Wildman–Crippen MR) is 91.1 cm³/mol. The van der Waals surface area contributed by atoms with Gasteiger partial charge in [-0.25, -0.2) is 4.39 Å². The quantitative estimate of drug-likeness (QED) is 0.929. The van der Waals surface area contributed by atoms with Gasteiger partial charge in [-0.3, -0.25) is 14.6 Å². The van der Waals surface area contributed by atoms with Crippen LogP contribution in [-0.4, -0.2) is 34.8 Å². The van der Waals surface area contributed by atoms with Gasteiger partial charge in [0.25, 0.3) is 5.91 Å². The molecule has 0 saturated carbocycles. The highest BCUT2D eigenvalue weighted by Crippen LogP contribution is 2.19. The van der Waals surface area contributed by atoms with E-state index in [1.807, 2.05) is 12.1 Å². The number of nitrogens with one attached hydrogen (secondary N) is 1. The van der Waals surface area contributed by atoms with Gasteiger partial charge in [-0.1, -0.05) is 0 Å². The van der Waals surface area contributed by atoms with Crippen LogP contribution in [0.1, 0.15) is 28.8 Å². The standard InChI is InChI=1S/C19H20FN3O2/c20-17-3-1-16(2-4-17)19(25)23-11-7-15(8-12-23)18(24)22-13-14-5-9-21-10-6-14/h1-6,9-10,15H,7-8,11-13H2,(H,22,24). The molecule has 1 aromatic carbocycles. The summed E-state index contributed by atoms with van der Waals surface area (Å²) in [7, 11) is 0. The summed E-state index contributed by atoms with van der Waals surface area (Å²) >= 11 is 0. The van der Waals surface area contributed by atoms with Crippen LogP contribution < -0.4 is 5.32 Å². The minimum absolute atomic E-state index is 0.0192. The number of pyridine rings is 1. The second-order valence-corrected chi connectivity index (χ2v) is 6.15. The summed E-state index contributed by atoms with van der Waals surface area (Å²) in [5.74, 6) is -0.540. The van der Waals surface area contributed by atoms with Crippen LogP contribution in [0.15, 0.2) is 48.8 Å². The fourth-order valence-electron chi connectivity index (χ4n) is 2.95. The summed E-state index contributed by atoms with van der Waals surface area (Å²) < 4.78 is 13.0. The van der Waals surface area contributed by atoms with E-state index in [0.717, 1.165) is 5.56 Å². The first-order valence-electron chi connectivity index (χ1n) is 8.35. The Labute approximate surface area is 145 Å². The number of aromatic nitrogens is 1. The number of carbonyl (C=O) groups is 2. The Morgan fingerprint density at radius 2 is 1.72 bits per heavy atom. The zero-order valence-corrected chi connectivity index (χ0v) is 13.8. The van der Waals surface area contributed by atoms with Crippen LogP contribution in [0.25, 0.3) is 0 Å². The van der Waals surface area contributed by atoms with Crippen molar-refractivity contribution in [3.63, 3.8) is 0 Å². The highest BCUT2D eigenvalue weighted by atomic mass is 19.1. The molecule has 1 aliphatic heterocycles. The molecule has 3 rings (SSSR count). The minimum atomic E-state index is -0.360. The van der Waals surface area contributed by atoms with Crippen molar-refractivity contribution in [3.8, 4) is 0 Å². The van der Waals surface area contributed by atoms with Crippen LogP contribution >= 0.6 is 0 Å². The number of nitrogens with zero attached hydrogens (tertiary/aromatic N) is 2. The third-order valence-corrected chi connectivity index (χ3v) is 4.46. The number of benzene rings is 1. The Balaban J connectivity index is 1.48. The molecule has 1 aliphatic rings. The maximum Gasteiger partial charge on any atom is 0.253 e. The van der Waals surface area contributed by atoms with Crippen molar-refractivity contribution in [1.82, 2.24) is 15.2 Å². The Hall–Kier alpha value is -2.76. The van der Waals surface area contributed by atoms with E-state index in [0.29, 0.717) is 38.0 Å². The third-order valence-electron chi connectivity index (χ3n) is 4.46. The maximum absolute atomic E-state index is 13.0. The van der Waals surface area contributed by atoms with Gasteiger partial charge in [0.1, 0.15) is 5.82 Å². The summed E-state index contributed by atoms with van der Waals surface area (Å²) in [5.41, 5.74) is 1.48. The summed E-state index contributed by atoms with van der Waals surface area (Å²) in [6.45, 7) is 1.54. The van der Waals surface area contributed by atoms with Crippen LogP contribution in [0.4, 0.5) is 4.39 Å². The molecule has 130 valence electrons. The molecule has 1 saturated heterocycles. The summed E-state index contributed by atoms with van der Waals surface area (Å²) in [5, 5.41) is 2.94. The van der Waals surface area contributed by atoms with E-state index in [9.17, 15) is 14.0 Å². The Morgan fingerprint density at radius 3 is 2.36 bits per heavy atom. The molecular weight excluding hydrogens is 321 g/mol. The van der Waals surface area contributed by atoms with E-state index in [4.69, 9.17) is 0 Å². The van der Waals surface area contributed by atoms with E-state index in [-0.39, 0.29) is 23.5 Å². The fourth-order valence-corrected chi connectivity index (χ4v) is 2.95. The molecule has 25 heavy (non-hydrogen) atoms. The average molecular weight is 341 g/mol. The van der Waals surface area contributed by atoms with E-state index in [1.165, 1.54) is 24.3 Å². The van der Waals surface area contributed by atoms with Gasteiger partial charge in [0.2, 0.25) is 5.91 Å². The molecule has 2 aromatic rings. The van der Waals surface area contributed by atoms with Gasteiger partial charge in [0, 0.05) is 43.5 Å².